The number of carbonyl (C=O) groups is 1. The molecule has 21 heavy (non-hydrogen) atoms. The smallest absolute Gasteiger partial charge is 0.253 e. The Bertz CT molecular complexity index is 557. The van der Waals surface area contributed by atoms with Crippen LogP contribution in [0.3, 0.4) is 0 Å². The fourth-order valence-corrected chi connectivity index (χ4v) is 2.46. The fourth-order valence-electron chi connectivity index (χ4n) is 2.46. The van der Waals surface area contributed by atoms with Crippen molar-refractivity contribution in [3.8, 4) is 11.5 Å². The maximum absolute atomic E-state index is 12.4. The summed E-state index contributed by atoms with van der Waals surface area (Å²) in [6.07, 6.45) is 0.139. The van der Waals surface area contributed by atoms with Crippen LogP contribution in [-0.2, 0) is 0 Å². The van der Waals surface area contributed by atoms with Crippen molar-refractivity contribution in [2.75, 3.05) is 20.0 Å². The van der Waals surface area contributed by atoms with E-state index in [1.54, 1.807) is 12.1 Å². The summed E-state index contributed by atoms with van der Waals surface area (Å²) in [5, 5.41) is 12.6. The number of rotatable bonds is 4. The normalized spacial score (nSPS) is 23.1. The second kappa shape index (κ2) is 5.44. The third-order valence-electron chi connectivity index (χ3n) is 4.34. The van der Waals surface area contributed by atoms with Crippen molar-refractivity contribution in [3.63, 3.8) is 0 Å². The van der Waals surface area contributed by atoms with E-state index >= 15 is 0 Å². The van der Waals surface area contributed by atoms with E-state index < -0.39 is 6.10 Å². The number of methoxy groups -OCH3 is 2. The molecule has 4 N–H and O–H groups in total. The first-order chi connectivity index (χ1) is 9.81. The second-order valence-electron chi connectivity index (χ2n) is 5.89. The molecule has 1 aromatic rings. The van der Waals surface area contributed by atoms with Crippen LogP contribution < -0.4 is 20.5 Å². The van der Waals surface area contributed by atoms with Crippen LogP contribution in [-0.4, -0.2) is 37.4 Å². The lowest BCUT2D eigenvalue weighted by Crippen LogP contribution is -2.61. The van der Waals surface area contributed by atoms with E-state index in [0.29, 0.717) is 23.5 Å². The van der Waals surface area contributed by atoms with Gasteiger partial charge in [-0.1, -0.05) is 13.8 Å². The van der Waals surface area contributed by atoms with E-state index in [4.69, 9.17) is 15.2 Å². The Morgan fingerprint density at radius 3 is 2.52 bits per heavy atom. The number of nitrogens with one attached hydrogen (secondary N) is 1. The van der Waals surface area contributed by atoms with Crippen LogP contribution >= 0.6 is 0 Å². The SMILES string of the molecule is COc1cc(OC)c(N)c(C(=O)NC2CC(O)C2(C)C)c1. The first-order valence-corrected chi connectivity index (χ1v) is 6.81. The largest absolute Gasteiger partial charge is 0.497 e. The average Bonchev–Trinajstić information content (AvgIpc) is 2.47. The van der Waals surface area contributed by atoms with Gasteiger partial charge in [0, 0.05) is 17.5 Å². The molecule has 6 nitrogen and oxygen atoms in total. The molecule has 0 radical (unpaired) electrons. The molecule has 1 amide bonds. The third-order valence-corrected chi connectivity index (χ3v) is 4.34. The summed E-state index contributed by atoms with van der Waals surface area (Å²) in [7, 11) is 3.00. The monoisotopic (exact) mass is 294 g/mol. The van der Waals surface area contributed by atoms with Crippen molar-refractivity contribution in [1.82, 2.24) is 5.32 Å². The fraction of sp³-hybridized carbons (Fsp3) is 0.533. The Kier molecular flexibility index (Phi) is 4.00. The number of aliphatic hydroxyl groups excluding tert-OH is 1. The number of nitrogens with two attached hydrogens (primary N) is 1. The van der Waals surface area contributed by atoms with Gasteiger partial charge in [-0.05, 0) is 12.5 Å². The highest BCUT2D eigenvalue weighted by atomic mass is 16.5. The molecule has 2 rings (SSSR count). The van der Waals surface area contributed by atoms with Crippen LogP contribution in [0.15, 0.2) is 12.1 Å². The van der Waals surface area contributed by atoms with Crippen LogP contribution in [0.2, 0.25) is 0 Å². The van der Waals surface area contributed by atoms with E-state index in [-0.39, 0.29) is 23.1 Å². The third kappa shape index (κ3) is 2.63. The lowest BCUT2D eigenvalue weighted by atomic mass is 9.64. The molecule has 2 unspecified atom stereocenters. The Hall–Kier alpha value is -1.95. The summed E-state index contributed by atoms with van der Waals surface area (Å²) < 4.78 is 10.3. The topological polar surface area (TPSA) is 93.8 Å². The van der Waals surface area contributed by atoms with Crippen molar-refractivity contribution < 1.29 is 19.4 Å². The number of benzene rings is 1. The molecule has 1 fully saturated rings. The molecular weight excluding hydrogens is 272 g/mol. The van der Waals surface area contributed by atoms with Crippen molar-refractivity contribution in [1.29, 1.82) is 0 Å². The van der Waals surface area contributed by atoms with Gasteiger partial charge in [0.1, 0.15) is 11.5 Å². The lowest BCUT2D eigenvalue weighted by Gasteiger charge is -2.49. The molecule has 0 aromatic heterocycles. The zero-order valence-electron chi connectivity index (χ0n) is 12.8. The van der Waals surface area contributed by atoms with Crippen LogP contribution in [0.25, 0.3) is 0 Å². The minimum atomic E-state index is -0.403. The highest BCUT2D eigenvalue weighted by Crippen LogP contribution is 2.41. The maximum atomic E-state index is 12.4. The molecule has 1 aliphatic carbocycles. The number of amides is 1. The quantitative estimate of drug-likeness (QED) is 0.725. The summed E-state index contributed by atoms with van der Waals surface area (Å²) in [5.41, 5.74) is 6.20. The number of nitrogen functional groups attached to an aromatic ring is 1. The van der Waals surface area contributed by atoms with Gasteiger partial charge in [-0.3, -0.25) is 4.79 Å². The lowest BCUT2D eigenvalue weighted by molar-refractivity contribution is -0.0689. The highest BCUT2D eigenvalue weighted by molar-refractivity contribution is 6.01. The van der Waals surface area contributed by atoms with Crippen LogP contribution in [0.4, 0.5) is 5.69 Å². The average molecular weight is 294 g/mol. The molecule has 0 bridgehead atoms. The maximum Gasteiger partial charge on any atom is 0.253 e. The molecule has 1 saturated carbocycles. The molecule has 0 heterocycles. The van der Waals surface area contributed by atoms with Crippen molar-refractivity contribution in [3.05, 3.63) is 17.7 Å². The predicted molar refractivity (Wildman–Crippen MR) is 79.6 cm³/mol. The van der Waals surface area contributed by atoms with E-state index in [1.165, 1.54) is 14.2 Å². The van der Waals surface area contributed by atoms with Gasteiger partial charge in [0.2, 0.25) is 0 Å². The van der Waals surface area contributed by atoms with Crippen LogP contribution in [0.5, 0.6) is 11.5 Å². The number of hydrogen-bond donors (Lipinski definition) is 3. The van der Waals surface area contributed by atoms with Gasteiger partial charge in [-0.25, -0.2) is 0 Å². The Balaban J connectivity index is 2.23. The second-order valence-corrected chi connectivity index (χ2v) is 5.89. The van der Waals surface area contributed by atoms with Gasteiger partial charge in [-0.2, -0.15) is 0 Å². The summed E-state index contributed by atoms with van der Waals surface area (Å²) >= 11 is 0. The van der Waals surface area contributed by atoms with Crippen molar-refractivity contribution in [2.24, 2.45) is 5.41 Å². The Morgan fingerprint density at radius 1 is 1.38 bits per heavy atom. The molecule has 1 aliphatic rings. The summed E-state index contributed by atoms with van der Waals surface area (Å²) in [5.74, 6) is 0.598. The standard InChI is InChI=1S/C15H22N2O4/c1-15(2)11(7-12(15)18)17-14(19)9-5-8(20-3)6-10(21-4)13(9)16/h5-6,11-12,18H,7,16H2,1-4H3,(H,17,19). The molecule has 116 valence electrons. The van der Waals surface area contributed by atoms with Gasteiger partial charge in [0.25, 0.3) is 5.91 Å². The molecule has 0 aliphatic heterocycles. The molecule has 1 aromatic carbocycles. The minimum Gasteiger partial charge on any atom is -0.497 e. The number of ether oxygens (including phenoxy) is 2. The first kappa shape index (κ1) is 15.4. The van der Waals surface area contributed by atoms with E-state index in [9.17, 15) is 9.90 Å². The molecular formula is C15H22N2O4. The summed E-state index contributed by atoms with van der Waals surface area (Å²) in [6.45, 7) is 3.84. The van der Waals surface area contributed by atoms with E-state index in [0.717, 1.165) is 0 Å². The van der Waals surface area contributed by atoms with Gasteiger partial charge in [0.05, 0.1) is 31.6 Å². The molecule has 0 spiro atoms. The number of carbonyl (C=O) groups excluding carboxylic acids is 1. The molecule has 2 atom stereocenters. The Morgan fingerprint density at radius 2 is 2.05 bits per heavy atom. The highest BCUT2D eigenvalue weighted by Gasteiger charge is 2.48. The van der Waals surface area contributed by atoms with Gasteiger partial charge < -0.3 is 25.6 Å². The molecule has 6 heteroatoms. The Labute approximate surface area is 124 Å². The first-order valence-electron chi connectivity index (χ1n) is 6.81. The molecule has 0 saturated heterocycles. The van der Waals surface area contributed by atoms with Crippen LogP contribution in [0.1, 0.15) is 30.6 Å². The van der Waals surface area contributed by atoms with Crippen molar-refractivity contribution in [2.45, 2.75) is 32.4 Å². The minimum absolute atomic E-state index is 0.0865. The zero-order valence-corrected chi connectivity index (χ0v) is 12.8. The van der Waals surface area contributed by atoms with Gasteiger partial charge in [-0.15, -0.1) is 0 Å². The van der Waals surface area contributed by atoms with E-state index in [2.05, 4.69) is 5.32 Å². The van der Waals surface area contributed by atoms with Gasteiger partial charge >= 0.3 is 0 Å². The predicted octanol–water partition coefficient (Wildman–Crippen LogP) is 1.18. The summed E-state index contributed by atoms with van der Waals surface area (Å²) in [4.78, 5) is 12.4. The van der Waals surface area contributed by atoms with Crippen LogP contribution in [0, 0.1) is 5.41 Å². The summed E-state index contributed by atoms with van der Waals surface area (Å²) in [6, 6.07) is 3.12. The zero-order chi connectivity index (χ0) is 15.8. The van der Waals surface area contributed by atoms with Gasteiger partial charge in [0.15, 0.2) is 0 Å². The number of anilines is 1. The number of hydrogen-bond acceptors (Lipinski definition) is 5. The number of aliphatic hydroxyl groups is 1. The van der Waals surface area contributed by atoms with Crippen molar-refractivity contribution >= 4 is 11.6 Å². The van der Waals surface area contributed by atoms with E-state index in [1.807, 2.05) is 13.8 Å².